The minimum atomic E-state index is -0.460. The normalized spacial score (nSPS) is 10.4. The summed E-state index contributed by atoms with van der Waals surface area (Å²) in [5, 5.41) is 0. The maximum Gasteiger partial charge on any atom is 0.241 e. The molecule has 0 unspecified atom stereocenters. The summed E-state index contributed by atoms with van der Waals surface area (Å²) in [5.41, 5.74) is 6.77. The van der Waals surface area contributed by atoms with Crippen LogP contribution in [0.3, 0.4) is 0 Å². The van der Waals surface area contributed by atoms with Gasteiger partial charge in [-0.3, -0.25) is 9.78 Å². The molecule has 1 aromatic rings. The van der Waals surface area contributed by atoms with Gasteiger partial charge in [0.25, 0.3) is 0 Å². The zero-order valence-corrected chi connectivity index (χ0v) is 6.82. The Balaban J connectivity index is 2.83. The van der Waals surface area contributed by atoms with Gasteiger partial charge in [0, 0.05) is 12.3 Å². The standard InChI is InChI=1S/C9H10N2O/c1-7-4-5-11-8(6-7)2-3-9(10)12/h2-6H,1H3,(H2,10,12)/b3-2-. The third-order valence-corrected chi connectivity index (χ3v) is 1.35. The molecule has 1 rings (SSSR count). The van der Waals surface area contributed by atoms with Crippen LogP contribution in [-0.4, -0.2) is 10.9 Å². The maximum atomic E-state index is 10.4. The van der Waals surface area contributed by atoms with Crippen LogP contribution in [0.2, 0.25) is 0 Å². The molecule has 0 aliphatic heterocycles. The number of amides is 1. The summed E-state index contributed by atoms with van der Waals surface area (Å²) in [6.45, 7) is 1.96. The SMILES string of the molecule is Cc1ccnc(/C=C\C(N)=O)c1. The minimum absolute atomic E-state index is 0.460. The van der Waals surface area contributed by atoms with Crippen LogP contribution in [0.15, 0.2) is 24.4 Å². The number of nitrogens with two attached hydrogens (primary N) is 1. The van der Waals surface area contributed by atoms with E-state index in [-0.39, 0.29) is 0 Å². The zero-order chi connectivity index (χ0) is 8.97. The van der Waals surface area contributed by atoms with Crippen LogP contribution in [0.25, 0.3) is 6.08 Å². The number of carbonyl (C=O) groups excluding carboxylic acids is 1. The maximum absolute atomic E-state index is 10.4. The van der Waals surface area contributed by atoms with Crippen molar-refractivity contribution < 1.29 is 4.79 Å². The van der Waals surface area contributed by atoms with Gasteiger partial charge in [-0.2, -0.15) is 0 Å². The minimum Gasteiger partial charge on any atom is -0.366 e. The molecule has 0 spiro atoms. The smallest absolute Gasteiger partial charge is 0.241 e. The Morgan fingerprint density at radius 3 is 3.00 bits per heavy atom. The molecule has 2 N–H and O–H groups in total. The lowest BCUT2D eigenvalue weighted by Gasteiger charge is -1.92. The number of nitrogens with zero attached hydrogens (tertiary/aromatic N) is 1. The number of hydrogen-bond acceptors (Lipinski definition) is 2. The number of hydrogen-bond donors (Lipinski definition) is 1. The monoisotopic (exact) mass is 162 g/mol. The van der Waals surface area contributed by atoms with E-state index in [9.17, 15) is 4.79 Å². The van der Waals surface area contributed by atoms with Gasteiger partial charge < -0.3 is 5.73 Å². The van der Waals surface area contributed by atoms with Crippen molar-refractivity contribution in [2.75, 3.05) is 0 Å². The molecule has 0 radical (unpaired) electrons. The highest BCUT2D eigenvalue weighted by atomic mass is 16.1. The summed E-state index contributed by atoms with van der Waals surface area (Å²) in [7, 11) is 0. The average Bonchev–Trinajstić information content (AvgIpc) is 2.01. The summed E-state index contributed by atoms with van der Waals surface area (Å²) in [5.74, 6) is -0.460. The van der Waals surface area contributed by atoms with Crippen molar-refractivity contribution in [3.63, 3.8) is 0 Å². The van der Waals surface area contributed by atoms with Crippen LogP contribution >= 0.6 is 0 Å². The largest absolute Gasteiger partial charge is 0.366 e. The van der Waals surface area contributed by atoms with E-state index in [1.54, 1.807) is 12.3 Å². The Hall–Kier alpha value is -1.64. The molecular formula is C9H10N2O. The van der Waals surface area contributed by atoms with Crippen molar-refractivity contribution in [2.45, 2.75) is 6.92 Å². The summed E-state index contributed by atoms with van der Waals surface area (Å²) in [6, 6.07) is 3.76. The molecule has 0 saturated carbocycles. The van der Waals surface area contributed by atoms with Gasteiger partial charge in [-0.05, 0) is 30.7 Å². The lowest BCUT2D eigenvalue weighted by Crippen LogP contribution is -2.05. The second kappa shape index (κ2) is 3.67. The Labute approximate surface area is 70.9 Å². The second-order valence-electron chi connectivity index (χ2n) is 2.49. The molecule has 62 valence electrons. The predicted molar refractivity (Wildman–Crippen MR) is 47.2 cm³/mol. The first-order chi connectivity index (χ1) is 5.68. The summed E-state index contributed by atoms with van der Waals surface area (Å²) in [4.78, 5) is 14.4. The van der Waals surface area contributed by atoms with Gasteiger partial charge in [-0.15, -0.1) is 0 Å². The molecule has 0 saturated heterocycles. The van der Waals surface area contributed by atoms with Gasteiger partial charge in [0.15, 0.2) is 0 Å². The fourth-order valence-corrected chi connectivity index (χ4v) is 0.818. The first-order valence-corrected chi connectivity index (χ1v) is 3.58. The van der Waals surface area contributed by atoms with E-state index in [2.05, 4.69) is 4.98 Å². The average molecular weight is 162 g/mol. The van der Waals surface area contributed by atoms with Gasteiger partial charge in [0.05, 0.1) is 5.69 Å². The fraction of sp³-hybridized carbons (Fsp3) is 0.111. The summed E-state index contributed by atoms with van der Waals surface area (Å²) in [6.07, 6.45) is 4.58. The molecule has 0 atom stereocenters. The van der Waals surface area contributed by atoms with Crippen molar-refractivity contribution in [1.82, 2.24) is 4.98 Å². The molecule has 0 fully saturated rings. The van der Waals surface area contributed by atoms with Gasteiger partial charge >= 0.3 is 0 Å². The van der Waals surface area contributed by atoms with Crippen LogP contribution in [0.5, 0.6) is 0 Å². The van der Waals surface area contributed by atoms with Crippen LogP contribution in [0.1, 0.15) is 11.3 Å². The van der Waals surface area contributed by atoms with E-state index in [4.69, 9.17) is 5.73 Å². The summed E-state index contributed by atoms with van der Waals surface area (Å²) < 4.78 is 0. The third kappa shape index (κ3) is 2.54. The topological polar surface area (TPSA) is 56.0 Å². The number of aryl methyl sites for hydroxylation is 1. The Kier molecular flexibility index (Phi) is 2.58. The fourth-order valence-electron chi connectivity index (χ4n) is 0.818. The van der Waals surface area contributed by atoms with Crippen molar-refractivity contribution >= 4 is 12.0 Å². The lowest BCUT2D eigenvalue weighted by atomic mass is 10.2. The molecular weight excluding hydrogens is 152 g/mol. The van der Waals surface area contributed by atoms with E-state index < -0.39 is 5.91 Å². The highest BCUT2D eigenvalue weighted by molar-refractivity contribution is 5.89. The van der Waals surface area contributed by atoms with E-state index in [0.29, 0.717) is 0 Å². The van der Waals surface area contributed by atoms with Gasteiger partial charge in [-0.1, -0.05) is 0 Å². The third-order valence-electron chi connectivity index (χ3n) is 1.35. The molecule has 3 heteroatoms. The molecule has 0 aliphatic carbocycles. The number of rotatable bonds is 2. The number of carbonyl (C=O) groups is 1. The van der Waals surface area contributed by atoms with E-state index >= 15 is 0 Å². The van der Waals surface area contributed by atoms with Crippen LogP contribution in [0, 0.1) is 6.92 Å². The lowest BCUT2D eigenvalue weighted by molar-refractivity contribution is -0.113. The van der Waals surface area contributed by atoms with Gasteiger partial charge in [-0.25, -0.2) is 0 Å². The van der Waals surface area contributed by atoms with Gasteiger partial charge in [0.2, 0.25) is 5.91 Å². The Bertz CT molecular complexity index is 318. The molecule has 1 heterocycles. The van der Waals surface area contributed by atoms with Crippen LogP contribution in [-0.2, 0) is 4.79 Å². The quantitative estimate of drug-likeness (QED) is 0.656. The van der Waals surface area contributed by atoms with Crippen molar-refractivity contribution in [3.8, 4) is 0 Å². The highest BCUT2D eigenvalue weighted by Gasteiger charge is 1.89. The van der Waals surface area contributed by atoms with Crippen molar-refractivity contribution in [3.05, 3.63) is 35.7 Å². The molecule has 1 aromatic heterocycles. The first kappa shape index (κ1) is 8.46. The highest BCUT2D eigenvalue weighted by Crippen LogP contribution is 2.01. The first-order valence-electron chi connectivity index (χ1n) is 3.58. The summed E-state index contributed by atoms with van der Waals surface area (Å²) >= 11 is 0. The molecule has 1 amide bonds. The number of primary amides is 1. The Morgan fingerprint density at radius 1 is 1.67 bits per heavy atom. The second-order valence-corrected chi connectivity index (χ2v) is 2.49. The van der Waals surface area contributed by atoms with Crippen LogP contribution in [0.4, 0.5) is 0 Å². The predicted octanol–water partition coefficient (Wildman–Crippen LogP) is 0.889. The van der Waals surface area contributed by atoms with E-state index in [0.717, 1.165) is 11.3 Å². The molecule has 3 nitrogen and oxygen atoms in total. The zero-order valence-electron chi connectivity index (χ0n) is 6.82. The molecule has 0 bridgehead atoms. The molecule has 0 aliphatic rings. The number of aromatic nitrogens is 1. The van der Waals surface area contributed by atoms with Crippen molar-refractivity contribution in [1.29, 1.82) is 0 Å². The van der Waals surface area contributed by atoms with Crippen LogP contribution < -0.4 is 5.73 Å². The van der Waals surface area contributed by atoms with E-state index in [1.807, 2.05) is 19.1 Å². The number of pyridine rings is 1. The van der Waals surface area contributed by atoms with E-state index in [1.165, 1.54) is 6.08 Å². The molecule has 0 aromatic carbocycles. The molecule has 12 heavy (non-hydrogen) atoms. The van der Waals surface area contributed by atoms with Crippen molar-refractivity contribution in [2.24, 2.45) is 5.73 Å². The van der Waals surface area contributed by atoms with Gasteiger partial charge in [0.1, 0.15) is 0 Å². The Morgan fingerprint density at radius 2 is 2.42 bits per heavy atom.